The maximum absolute atomic E-state index is 13.0. The fourth-order valence-corrected chi connectivity index (χ4v) is 11.5. The average molecular weight is 605 g/mol. The Hall–Kier alpha value is -2.65. The summed E-state index contributed by atoms with van der Waals surface area (Å²) >= 11 is 0. The van der Waals surface area contributed by atoms with Crippen LogP contribution >= 0.6 is 0 Å². The van der Waals surface area contributed by atoms with Gasteiger partial charge in [0, 0.05) is 0 Å². The van der Waals surface area contributed by atoms with Crippen LogP contribution in [0.4, 0.5) is 0 Å². The van der Waals surface area contributed by atoms with E-state index < -0.39 is 32.7 Å². The van der Waals surface area contributed by atoms with E-state index in [2.05, 4.69) is 48.1 Å². The third kappa shape index (κ3) is 9.67. The van der Waals surface area contributed by atoms with Crippen LogP contribution in [0.1, 0.15) is 58.2 Å². The van der Waals surface area contributed by atoms with Crippen LogP contribution < -0.4 is 0 Å². The van der Waals surface area contributed by atoms with E-state index in [-0.39, 0.29) is 36.4 Å². The summed E-state index contributed by atoms with van der Waals surface area (Å²) in [6.45, 7) is 16.0. The van der Waals surface area contributed by atoms with Crippen LogP contribution in [0.5, 0.6) is 0 Å². The summed E-state index contributed by atoms with van der Waals surface area (Å²) in [6, 6.07) is 29.2. The van der Waals surface area contributed by atoms with Gasteiger partial charge in [-0.05, 0) is 33.3 Å². The molecule has 4 atom stereocenters. The predicted octanol–water partition coefficient (Wildman–Crippen LogP) is 7.91. The van der Waals surface area contributed by atoms with Gasteiger partial charge in [-0.3, -0.25) is 0 Å². The van der Waals surface area contributed by atoms with Crippen LogP contribution in [-0.2, 0) is 43.3 Å². The molecule has 0 heterocycles. The number of hydrogen-bond donors (Lipinski definition) is 1. The zero-order chi connectivity index (χ0) is 31.2. The number of aliphatic hydroxyl groups excluding tert-OH is 1. The van der Waals surface area contributed by atoms with E-state index in [4.69, 9.17) is 18.6 Å². The summed E-state index contributed by atoms with van der Waals surface area (Å²) in [5.74, 6) is 0. The zero-order valence-electron chi connectivity index (χ0n) is 26.4. The molecule has 0 unspecified atom stereocenters. The van der Waals surface area contributed by atoms with E-state index in [1.54, 1.807) is 0 Å². The van der Waals surface area contributed by atoms with Crippen LogP contribution in [0.3, 0.4) is 0 Å². The van der Waals surface area contributed by atoms with Gasteiger partial charge >= 0.3 is 0 Å². The normalized spacial score (nSPS) is 15.0. The molecular weight excluding hydrogens is 556 g/mol. The first kappa shape index (κ1) is 34.8. The summed E-state index contributed by atoms with van der Waals surface area (Å²) in [5.41, 5.74) is 3.55. The Morgan fingerprint density at radius 1 is 0.628 bits per heavy atom. The zero-order valence-corrected chi connectivity index (χ0v) is 27.4. The lowest BCUT2D eigenvalue weighted by molar-refractivity contribution is -0.176. The van der Waals surface area contributed by atoms with Crippen molar-refractivity contribution < 1.29 is 28.5 Å². The topological polar surface area (TPSA) is 74.2 Å². The molecule has 2 radical (unpaired) electrons. The van der Waals surface area contributed by atoms with Crippen molar-refractivity contribution in [2.75, 3.05) is 0 Å². The standard InChI is InChI=1S/C36H48O6Si/c1-27(2)43(28(3)4,29(5)6)42-34(23-38)36(41-26-32-20-14-9-15-21-32)35(40-25-31-18-12-8-13-19-31)33(22-37)39-24-30-16-10-7-11-17-30/h7-21,23,27-29,33-37H,24-26H2,1-6H3/t33-,34-,35+,36+/m0/s1. The SMILES string of the molecule is CC(C)[Si](O[C@@H](C=O)[C@@H](OCc1ccccc1)[C@H](OCc1ccccc1)[C@H]([C]O)OCc1ccccc1)(C(C)C)C(C)C. The van der Waals surface area contributed by atoms with E-state index >= 15 is 0 Å². The van der Waals surface area contributed by atoms with E-state index in [1.807, 2.05) is 91.0 Å². The number of aliphatic hydroxyl groups is 1. The van der Waals surface area contributed by atoms with Gasteiger partial charge in [-0.25, -0.2) is 0 Å². The Morgan fingerprint density at radius 2 is 1.00 bits per heavy atom. The van der Waals surface area contributed by atoms with Gasteiger partial charge in [-0.1, -0.05) is 133 Å². The van der Waals surface area contributed by atoms with Crippen molar-refractivity contribution in [3.63, 3.8) is 0 Å². The number of carbonyl (C=O) groups excluding carboxylic acids is 1. The fourth-order valence-electron chi connectivity index (χ4n) is 6.05. The number of benzene rings is 3. The molecule has 232 valence electrons. The molecule has 0 fully saturated rings. The van der Waals surface area contributed by atoms with E-state index in [0.717, 1.165) is 23.0 Å². The molecule has 0 saturated carbocycles. The molecule has 3 aromatic carbocycles. The Bertz CT molecular complexity index is 1150. The van der Waals surface area contributed by atoms with Crippen LogP contribution in [0.15, 0.2) is 91.0 Å². The van der Waals surface area contributed by atoms with Gasteiger partial charge in [-0.15, -0.1) is 0 Å². The van der Waals surface area contributed by atoms with Gasteiger partial charge < -0.3 is 28.5 Å². The first-order valence-corrected chi connectivity index (χ1v) is 17.4. The molecule has 0 aliphatic heterocycles. The van der Waals surface area contributed by atoms with Gasteiger partial charge in [0.15, 0.2) is 6.61 Å². The van der Waals surface area contributed by atoms with Crippen LogP contribution in [-0.4, -0.2) is 44.1 Å². The number of aldehydes is 1. The maximum atomic E-state index is 13.0. The van der Waals surface area contributed by atoms with Gasteiger partial charge in [0.1, 0.15) is 30.7 Å². The quantitative estimate of drug-likeness (QED) is 0.111. The summed E-state index contributed by atoms with van der Waals surface area (Å²) in [7, 11) is -2.52. The van der Waals surface area contributed by atoms with E-state index in [0.29, 0.717) is 0 Å². The van der Waals surface area contributed by atoms with E-state index in [1.165, 1.54) is 0 Å². The number of ether oxygens (including phenoxy) is 3. The minimum atomic E-state index is -2.52. The van der Waals surface area contributed by atoms with E-state index in [9.17, 15) is 9.90 Å². The second-order valence-corrected chi connectivity index (χ2v) is 17.3. The molecule has 43 heavy (non-hydrogen) atoms. The highest BCUT2D eigenvalue weighted by Crippen LogP contribution is 2.43. The molecular formula is C36H48O6Si. The Morgan fingerprint density at radius 3 is 1.35 bits per heavy atom. The van der Waals surface area contributed by atoms with Crippen molar-refractivity contribution in [2.24, 2.45) is 0 Å². The first-order valence-electron chi connectivity index (χ1n) is 15.2. The molecule has 0 spiro atoms. The van der Waals surface area contributed by atoms with Gasteiger partial charge in [-0.2, -0.15) is 0 Å². The lowest BCUT2D eigenvalue weighted by Gasteiger charge is -2.46. The lowest BCUT2D eigenvalue weighted by Crippen LogP contribution is -2.57. The molecule has 6 nitrogen and oxygen atoms in total. The van der Waals surface area contributed by atoms with Gasteiger partial charge in [0.2, 0.25) is 8.32 Å². The second kappa shape index (κ2) is 17.6. The Labute approximate surface area is 259 Å². The molecule has 0 aliphatic carbocycles. The molecule has 3 rings (SSSR count). The second-order valence-electron chi connectivity index (χ2n) is 11.9. The highest BCUT2D eigenvalue weighted by molar-refractivity contribution is 6.77. The summed E-state index contributed by atoms with van der Waals surface area (Å²) in [4.78, 5) is 13.0. The molecule has 0 amide bonds. The Kier molecular flexibility index (Phi) is 14.3. The molecule has 7 heteroatoms. The predicted molar refractivity (Wildman–Crippen MR) is 172 cm³/mol. The molecule has 0 bridgehead atoms. The van der Waals surface area contributed by atoms with Gasteiger partial charge in [0.25, 0.3) is 0 Å². The fraction of sp³-hybridized carbons (Fsp3) is 0.444. The van der Waals surface area contributed by atoms with Gasteiger partial charge in [0.05, 0.1) is 19.8 Å². The minimum absolute atomic E-state index is 0.213. The summed E-state index contributed by atoms with van der Waals surface area (Å²) < 4.78 is 26.3. The molecule has 0 aromatic heterocycles. The average Bonchev–Trinajstić information content (AvgIpc) is 3.01. The van der Waals surface area contributed by atoms with Crippen molar-refractivity contribution in [2.45, 2.75) is 102 Å². The number of rotatable bonds is 19. The van der Waals surface area contributed by atoms with Crippen molar-refractivity contribution >= 4 is 14.6 Å². The minimum Gasteiger partial charge on any atom is -0.404 e. The summed E-state index contributed by atoms with van der Waals surface area (Å²) in [6.07, 6.45) is -2.96. The molecule has 3 aromatic rings. The number of carbonyl (C=O) groups is 1. The molecule has 0 saturated heterocycles. The lowest BCUT2D eigenvalue weighted by atomic mass is 10.0. The van der Waals surface area contributed by atoms with Crippen molar-refractivity contribution in [1.82, 2.24) is 0 Å². The Balaban J connectivity index is 2.03. The van der Waals surface area contributed by atoms with Crippen LogP contribution in [0, 0.1) is 6.61 Å². The van der Waals surface area contributed by atoms with Crippen LogP contribution in [0.25, 0.3) is 0 Å². The molecule has 1 N–H and O–H groups in total. The van der Waals surface area contributed by atoms with Crippen molar-refractivity contribution in [3.8, 4) is 0 Å². The highest BCUT2D eigenvalue weighted by atomic mass is 28.4. The summed E-state index contributed by atoms with van der Waals surface area (Å²) in [5, 5.41) is 10.4. The smallest absolute Gasteiger partial charge is 0.201 e. The first-order chi connectivity index (χ1) is 20.7. The third-order valence-electron chi connectivity index (χ3n) is 8.10. The largest absolute Gasteiger partial charge is 0.404 e. The molecule has 0 aliphatic rings. The highest BCUT2D eigenvalue weighted by Gasteiger charge is 2.49. The van der Waals surface area contributed by atoms with Crippen molar-refractivity contribution in [1.29, 1.82) is 0 Å². The number of hydrogen-bond acceptors (Lipinski definition) is 6. The maximum Gasteiger partial charge on any atom is 0.201 e. The van der Waals surface area contributed by atoms with Crippen LogP contribution in [0.2, 0.25) is 16.6 Å². The van der Waals surface area contributed by atoms with Crippen molar-refractivity contribution in [3.05, 3.63) is 114 Å². The monoisotopic (exact) mass is 604 g/mol. The third-order valence-corrected chi connectivity index (χ3v) is 14.2.